The van der Waals surface area contributed by atoms with Crippen molar-refractivity contribution >= 4 is 33.3 Å². The molecule has 1 saturated heterocycles. The summed E-state index contributed by atoms with van der Waals surface area (Å²) in [5.74, 6) is 0.675. The van der Waals surface area contributed by atoms with Crippen LogP contribution in [0.5, 0.6) is 0 Å². The Hall–Kier alpha value is -1.99. The van der Waals surface area contributed by atoms with E-state index in [0.29, 0.717) is 21.5 Å². The number of ketones is 1. The lowest BCUT2D eigenvalue weighted by atomic mass is 10.1. The van der Waals surface area contributed by atoms with Crippen LogP contribution in [0.2, 0.25) is 0 Å². The Bertz CT molecular complexity index is 760. The van der Waals surface area contributed by atoms with Gasteiger partial charge >= 0.3 is 0 Å². The minimum Gasteiger partial charge on any atom is -0.383 e. The third-order valence-electron chi connectivity index (χ3n) is 4.29. The van der Waals surface area contributed by atoms with E-state index in [1.54, 1.807) is 18.3 Å². The fraction of sp³-hybridized carbons (Fsp3) is 0.389. The van der Waals surface area contributed by atoms with Gasteiger partial charge in [-0.25, -0.2) is 9.97 Å². The van der Waals surface area contributed by atoms with E-state index in [0.717, 1.165) is 13.1 Å². The third kappa shape index (κ3) is 4.76. The molecule has 0 unspecified atom stereocenters. The van der Waals surface area contributed by atoms with E-state index < -0.39 is 0 Å². The molecule has 25 heavy (non-hydrogen) atoms. The average molecular weight is 410 g/mol. The lowest BCUT2D eigenvalue weighted by Crippen LogP contribution is -2.33. The van der Waals surface area contributed by atoms with Gasteiger partial charge in [-0.05, 0) is 60.1 Å². The zero-order valence-electron chi connectivity index (χ0n) is 14.0. The summed E-state index contributed by atoms with van der Waals surface area (Å²) in [4.78, 5) is 23.5. The molecule has 7 heteroatoms. The highest BCUT2D eigenvalue weighted by atomic mass is 79.9. The first-order valence-corrected chi connectivity index (χ1v) is 9.32. The predicted molar refractivity (Wildman–Crippen MR) is 109 cm³/mol. The van der Waals surface area contributed by atoms with Crippen molar-refractivity contribution in [1.29, 1.82) is 0 Å². The zero-order chi connectivity index (χ0) is 17.6. The van der Waals surface area contributed by atoms with Crippen molar-refractivity contribution in [2.45, 2.75) is 19.3 Å². The maximum absolute atomic E-state index is 12.7. The summed E-state index contributed by atoms with van der Waals surface area (Å²) in [6.45, 7) is 4.14. The van der Waals surface area contributed by atoms with Crippen LogP contribution < -0.4 is 11.1 Å². The SMILES string of the molecule is Nc1ncc(Br)cc1C(=O)c1cccc(NCCN2CCCCC2)n1.[HH].[HH].[HH]. The Morgan fingerprint density at radius 1 is 1.32 bits per heavy atom. The molecule has 0 radical (unpaired) electrons. The van der Waals surface area contributed by atoms with E-state index in [4.69, 9.17) is 5.73 Å². The number of hydrogen-bond acceptors (Lipinski definition) is 6. The number of pyridine rings is 2. The summed E-state index contributed by atoms with van der Waals surface area (Å²) >= 11 is 3.32. The highest BCUT2D eigenvalue weighted by molar-refractivity contribution is 9.10. The van der Waals surface area contributed by atoms with Gasteiger partial charge in [0.05, 0.1) is 5.56 Å². The van der Waals surface area contributed by atoms with Gasteiger partial charge in [0.15, 0.2) is 0 Å². The van der Waals surface area contributed by atoms with E-state index in [1.165, 1.54) is 32.4 Å². The average Bonchev–Trinajstić information content (AvgIpc) is 2.64. The second-order valence-corrected chi connectivity index (χ2v) is 7.07. The lowest BCUT2D eigenvalue weighted by molar-refractivity contribution is 0.103. The largest absolute Gasteiger partial charge is 0.383 e. The van der Waals surface area contributed by atoms with Crippen molar-refractivity contribution in [3.63, 3.8) is 0 Å². The lowest BCUT2D eigenvalue weighted by Gasteiger charge is -2.26. The first kappa shape index (κ1) is 17.8. The molecule has 0 saturated carbocycles. The van der Waals surface area contributed by atoms with Gasteiger partial charge < -0.3 is 16.0 Å². The zero-order valence-corrected chi connectivity index (χ0v) is 15.6. The van der Waals surface area contributed by atoms with Crippen LogP contribution in [-0.4, -0.2) is 46.8 Å². The maximum atomic E-state index is 12.7. The number of carbonyl (C=O) groups is 1. The molecule has 0 aliphatic carbocycles. The summed E-state index contributed by atoms with van der Waals surface area (Å²) in [6.07, 6.45) is 5.47. The van der Waals surface area contributed by atoms with Crippen LogP contribution in [0.3, 0.4) is 0 Å². The molecule has 1 fully saturated rings. The molecular formula is C18H28BrN5O. The van der Waals surface area contributed by atoms with E-state index in [9.17, 15) is 4.79 Å². The summed E-state index contributed by atoms with van der Waals surface area (Å²) in [7, 11) is 0. The fourth-order valence-electron chi connectivity index (χ4n) is 2.95. The summed E-state index contributed by atoms with van der Waals surface area (Å²) in [6, 6.07) is 7.06. The molecule has 0 spiro atoms. The number of hydrogen-bond donors (Lipinski definition) is 2. The topological polar surface area (TPSA) is 84.1 Å². The number of carbonyl (C=O) groups excluding carboxylic acids is 1. The number of nitrogens with two attached hydrogens (primary N) is 1. The van der Waals surface area contributed by atoms with Crippen LogP contribution in [0, 0.1) is 0 Å². The minimum atomic E-state index is -0.231. The van der Waals surface area contributed by atoms with Crippen molar-refractivity contribution < 1.29 is 9.07 Å². The molecule has 6 nitrogen and oxygen atoms in total. The molecule has 3 N–H and O–H groups in total. The molecule has 2 aromatic rings. The quantitative estimate of drug-likeness (QED) is 0.707. The predicted octanol–water partition coefficient (Wildman–Crippen LogP) is 3.69. The molecule has 0 atom stereocenters. The number of nitrogens with one attached hydrogen (secondary N) is 1. The summed E-state index contributed by atoms with van der Waals surface area (Å²) in [5, 5.41) is 3.30. The van der Waals surface area contributed by atoms with E-state index in [1.807, 2.05) is 12.1 Å². The summed E-state index contributed by atoms with van der Waals surface area (Å²) in [5.41, 5.74) is 6.54. The second kappa shape index (κ2) is 8.40. The van der Waals surface area contributed by atoms with Crippen LogP contribution >= 0.6 is 15.9 Å². The van der Waals surface area contributed by atoms with Crippen molar-refractivity contribution in [3.8, 4) is 0 Å². The highest BCUT2D eigenvalue weighted by Crippen LogP contribution is 2.19. The molecule has 1 aliphatic heterocycles. The Kier molecular flexibility index (Phi) is 5.99. The smallest absolute Gasteiger partial charge is 0.215 e. The van der Waals surface area contributed by atoms with Crippen molar-refractivity contribution in [2.75, 3.05) is 37.2 Å². The number of piperidine rings is 1. The van der Waals surface area contributed by atoms with Crippen LogP contribution in [-0.2, 0) is 0 Å². The second-order valence-electron chi connectivity index (χ2n) is 6.15. The molecule has 0 amide bonds. The van der Waals surface area contributed by atoms with Gasteiger partial charge in [-0.1, -0.05) is 12.5 Å². The van der Waals surface area contributed by atoms with Crippen LogP contribution in [0.4, 0.5) is 11.6 Å². The van der Waals surface area contributed by atoms with Gasteiger partial charge in [0.1, 0.15) is 17.3 Å². The standard InChI is InChI=1S/C18H22BrN5O.3H2/c19-13-11-14(18(20)22-12-13)17(25)15-5-4-6-16(23-15)21-7-10-24-8-2-1-3-9-24;;;/h4-6,11-12H,1-3,7-10H2,(H2,20,22)(H,21,23);3*1H. The molecule has 2 aromatic heterocycles. The molecule has 0 aromatic carbocycles. The van der Waals surface area contributed by atoms with Crippen LogP contribution in [0.15, 0.2) is 34.9 Å². The van der Waals surface area contributed by atoms with Gasteiger partial charge in [-0.15, -0.1) is 0 Å². The number of nitrogen functional groups attached to an aromatic ring is 1. The first-order chi connectivity index (χ1) is 12.1. The number of rotatable bonds is 6. The van der Waals surface area contributed by atoms with Crippen LogP contribution in [0.25, 0.3) is 0 Å². The fourth-order valence-corrected chi connectivity index (χ4v) is 3.29. The molecule has 1 aliphatic rings. The maximum Gasteiger partial charge on any atom is 0.215 e. The van der Waals surface area contributed by atoms with Gasteiger partial charge in [0.2, 0.25) is 5.78 Å². The summed E-state index contributed by atoms with van der Waals surface area (Å²) < 4.78 is 0.709. The minimum absolute atomic E-state index is 0. The van der Waals surface area contributed by atoms with E-state index in [2.05, 4.69) is 36.1 Å². The Morgan fingerprint density at radius 3 is 2.92 bits per heavy atom. The first-order valence-electron chi connectivity index (χ1n) is 8.52. The Labute approximate surface area is 160 Å². The van der Waals surface area contributed by atoms with Gasteiger partial charge in [-0.2, -0.15) is 0 Å². The Morgan fingerprint density at radius 2 is 2.12 bits per heavy atom. The number of halogens is 1. The number of anilines is 2. The molecular weight excluding hydrogens is 382 g/mol. The van der Waals surface area contributed by atoms with E-state index in [-0.39, 0.29) is 15.9 Å². The normalized spacial score (nSPS) is 15.1. The highest BCUT2D eigenvalue weighted by Gasteiger charge is 2.16. The van der Waals surface area contributed by atoms with Gasteiger partial charge in [0, 0.05) is 28.0 Å². The third-order valence-corrected chi connectivity index (χ3v) is 4.73. The van der Waals surface area contributed by atoms with Crippen LogP contribution in [0.1, 0.15) is 39.6 Å². The van der Waals surface area contributed by atoms with Crippen molar-refractivity contribution in [3.05, 3.63) is 46.2 Å². The molecule has 3 rings (SSSR count). The number of likely N-dealkylation sites (tertiary alicyclic amines) is 1. The van der Waals surface area contributed by atoms with Gasteiger partial charge in [0.25, 0.3) is 0 Å². The van der Waals surface area contributed by atoms with Gasteiger partial charge in [-0.3, -0.25) is 4.79 Å². The van der Waals surface area contributed by atoms with Crippen molar-refractivity contribution in [2.24, 2.45) is 0 Å². The number of nitrogens with zero attached hydrogens (tertiary/aromatic N) is 3. The molecule has 138 valence electrons. The Balaban J connectivity index is 0.00000243. The monoisotopic (exact) mass is 409 g/mol. The molecule has 0 bridgehead atoms. The van der Waals surface area contributed by atoms with E-state index >= 15 is 0 Å². The number of aromatic nitrogens is 2. The molecule has 3 heterocycles. The van der Waals surface area contributed by atoms with Crippen molar-refractivity contribution in [1.82, 2.24) is 14.9 Å².